The van der Waals surface area contributed by atoms with Crippen molar-refractivity contribution >= 4 is 40.0 Å². The first kappa shape index (κ1) is 24.2. The van der Waals surface area contributed by atoms with Gasteiger partial charge in [-0.15, -0.1) is 0 Å². The van der Waals surface area contributed by atoms with Crippen LogP contribution >= 0.6 is 11.6 Å². The van der Waals surface area contributed by atoms with E-state index in [9.17, 15) is 14.6 Å². The van der Waals surface area contributed by atoms with Crippen molar-refractivity contribution in [1.82, 2.24) is 14.9 Å². The van der Waals surface area contributed by atoms with Crippen LogP contribution in [0.1, 0.15) is 31.2 Å². The van der Waals surface area contributed by atoms with Gasteiger partial charge in [-0.2, -0.15) is 4.98 Å². The van der Waals surface area contributed by atoms with Crippen LogP contribution in [-0.2, 0) is 6.61 Å². The normalized spacial score (nSPS) is 19.9. The van der Waals surface area contributed by atoms with Gasteiger partial charge in [0.05, 0.1) is 17.8 Å². The Bertz CT molecular complexity index is 1190. The van der Waals surface area contributed by atoms with Crippen molar-refractivity contribution in [1.29, 1.82) is 0 Å². The number of aliphatic hydroxyl groups is 2. The van der Waals surface area contributed by atoms with Crippen LogP contribution in [0.3, 0.4) is 0 Å². The number of piperidine rings is 2. The lowest BCUT2D eigenvalue weighted by molar-refractivity contribution is 0.0776. The van der Waals surface area contributed by atoms with Gasteiger partial charge in [-0.3, -0.25) is 4.90 Å². The molecule has 1 aromatic heterocycles. The van der Waals surface area contributed by atoms with E-state index in [-0.39, 0.29) is 18.9 Å². The molecule has 0 aliphatic carbocycles. The molecule has 0 amide bonds. The molecule has 1 atom stereocenters. The van der Waals surface area contributed by atoms with Gasteiger partial charge in [-0.1, -0.05) is 17.7 Å². The molecule has 5 rings (SSSR count). The smallest absolute Gasteiger partial charge is 0.227 e. The standard InChI is InChI=1S/C26H31ClFN5O2/c27-19-4-6-23(22(28)13-19)29-25-21-5-3-17(15-34)12-24(21)30-26(31-25)32-10-7-20(8-11-32)33-9-1-2-18(14-33)16-35/h3-6,12-13,18,20,34-35H,1-2,7-11,14-16H2,(H,29,30,31). The zero-order valence-electron chi connectivity index (χ0n) is 19.6. The Hall–Kier alpha value is -2.52. The van der Waals surface area contributed by atoms with Crippen molar-refractivity contribution < 1.29 is 14.6 Å². The summed E-state index contributed by atoms with van der Waals surface area (Å²) in [6, 6.07) is 10.5. The number of nitrogens with one attached hydrogen (secondary N) is 1. The lowest BCUT2D eigenvalue weighted by atomic mass is 9.94. The van der Waals surface area contributed by atoms with Crippen molar-refractivity contribution in [2.24, 2.45) is 5.92 Å². The van der Waals surface area contributed by atoms with Crippen molar-refractivity contribution in [2.75, 3.05) is 43.0 Å². The van der Waals surface area contributed by atoms with Gasteiger partial charge in [0.1, 0.15) is 11.6 Å². The largest absolute Gasteiger partial charge is 0.396 e. The van der Waals surface area contributed by atoms with Gasteiger partial charge in [0.2, 0.25) is 5.95 Å². The Morgan fingerprint density at radius 2 is 1.86 bits per heavy atom. The van der Waals surface area contributed by atoms with E-state index < -0.39 is 5.82 Å². The predicted molar refractivity (Wildman–Crippen MR) is 137 cm³/mol. The Morgan fingerprint density at radius 1 is 1.03 bits per heavy atom. The van der Waals surface area contributed by atoms with Gasteiger partial charge in [-0.05, 0) is 74.0 Å². The summed E-state index contributed by atoms with van der Waals surface area (Å²) in [5, 5.41) is 23.4. The van der Waals surface area contributed by atoms with Crippen LogP contribution in [0.4, 0.5) is 21.8 Å². The molecule has 2 aromatic carbocycles. The highest BCUT2D eigenvalue weighted by Crippen LogP contribution is 2.31. The van der Waals surface area contributed by atoms with Gasteiger partial charge in [0.15, 0.2) is 0 Å². The molecule has 2 aliphatic heterocycles. The van der Waals surface area contributed by atoms with Gasteiger partial charge >= 0.3 is 0 Å². The summed E-state index contributed by atoms with van der Waals surface area (Å²) in [4.78, 5) is 14.3. The molecule has 9 heteroatoms. The third kappa shape index (κ3) is 5.35. The van der Waals surface area contributed by atoms with E-state index in [2.05, 4.69) is 15.1 Å². The molecule has 7 nitrogen and oxygen atoms in total. The van der Waals surface area contributed by atoms with E-state index in [0.717, 1.165) is 62.8 Å². The fourth-order valence-electron chi connectivity index (χ4n) is 5.23. The minimum atomic E-state index is -0.457. The Kier molecular flexibility index (Phi) is 7.34. The molecule has 186 valence electrons. The molecule has 0 saturated carbocycles. The molecule has 1 unspecified atom stereocenters. The zero-order valence-corrected chi connectivity index (χ0v) is 20.4. The molecule has 0 radical (unpaired) electrons. The molecule has 0 bridgehead atoms. The second kappa shape index (κ2) is 10.6. The first-order chi connectivity index (χ1) is 17.0. The number of halogens is 2. The Balaban J connectivity index is 1.40. The summed E-state index contributed by atoms with van der Waals surface area (Å²) in [6.07, 6.45) is 4.26. The summed E-state index contributed by atoms with van der Waals surface area (Å²) < 4.78 is 14.5. The van der Waals surface area contributed by atoms with E-state index in [1.807, 2.05) is 18.2 Å². The highest BCUT2D eigenvalue weighted by atomic mass is 35.5. The van der Waals surface area contributed by atoms with Crippen LogP contribution in [0.2, 0.25) is 5.02 Å². The Labute approximate surface area is 209 Å². The average Bonchev–Trinajstić information content (AvgIpc) is 2.90. The second-order valence-electron chi connectivity index (χ2n) is 9.53. The number of rotatable bonds is 6. The van der Waals surface area contributed by atoms with Gasteiger partial charge in [0, 0.05) is 42.7 Å². The first-order valence-corrected chi connectivity index (χ1v) is 12.7. The summed E-state index contributed by atoms with van der Waals surface area (Å²) in [7, 11) is 0. The van der Waals surface area contributed by atoms with Crippen LogP contribution in [0.15, 0.2) is 36.4 Å². The summed E-state index contributed by atoms with van der Waals surface area (Å²) in [5.74, 6) is 1.03. The predicted octanol–water partition coefficient (Wildman–Crippen LogP) is 4.33. The zero-order chi connectivity index (χ0) is 24.4. The molecule has 2 saturated heterocycles. The van der Waals surface area contributed by atoms with E-state index in [0.29, 0.717) is 34.3 Å². The highest BCUT2D eigenvalue weighted by molar-refractivity contribution is 6.30. The lowest BCUT2D eigenvalue weighted by Gasteiger charge is -2.42. The molecule has 3 aromatic rings. The summed E-state index contributed by atoms with van der Waals surface area (Å²) in [5.41, 5.74) is 1.74. The number of likely N-dealkylation sites (tertiary alicyclic amines) is 1. The molecular formula is C26H31ClFN5O2. The average molecular weight is 500 g/mol. The maximum absolute atomic E-state index is 14.5. The minimum absolute atomic E-state index is 0.0834. The molecule has 2 aliphatic rings. The Morgan fingerprint density at radius 3 is 2.60 bits per heavy atom. The van der Waals surface area contributed by atoms with Gasteiger partial charge in [-0.25, -0.2) is 9.37 Å². The van der Waals surface area contributed by atoms with E-state index in [1.165, 1.54) is 6.07 Å². The van der Waals surface area contributed by atoms with E-state index in [1.54, 1.807) is 12.1 Å². The third-order valence-electron chi connectivity index (χ3n) is 7.19. The van der Waals surface area contributed by atoms with E-state index >= 15 is 0 Å². The number of nitrogens with zero attached hydrogens (tertiary/aromatic N) is 4. The lowest BCUT2D eigenvalue weighted by Crippen LogP contribution is -2.49. The van der Waals surface area contributed by atoms with Crippen LogP contribution < -0.4 is 10.2 Å². The number of fused-ring (bicyclic) bond motifs is 1. The fourth-order valence-corrected chi connectivity index (χ4v) is 5.38. The molecule has 35 heavy (non-hydrogen) atoms. The number of aliphatic hydroxyl groups excluding tert-OH is 2. The third-order valence-corrected chi connectivity index (χ3v) is 7.42. The topological polar surface area (TPSA) is 84.8 Å². The van der Waals surface area contributed by atoms with Crippen LogP contribution in [0.25, 0.3) is 10.9 Å². The molecule has 3 N–H and O–H groups in total. The van der Waals surface area contributed by atoms with Crippen molar-refractivity contribution in [3.05, 3.63) is 52.8 Å². The minimum Gasteiger partial charge on any atom is -0.396 e. The molecule has 3 heterocycles. The number of anilines is 3. The maximum Gasteiger partial charge on any atom is 0.227 e. The van der Waals surface area contributed by atoms with Gasteiger partial charge < -0.3 is 20.4 Å². The van der Waals surface area contributed by atoms with Crippen molar-refractivity contribution in [3.8, 4) is 0 Å². The summed E-state index contributed by atoms with van der Waals surface area (Å²) >= 11 is 5.92. The number of hydrogen-bond acceptors (Lipinski definition) is 7. The second-order valence-corrected chi connectivity index (χ2v) is 9.97. The van der Waals surface area contributed by atoms with Crippen molar-refractivity contribution in [2.45, 2.75) is 38.3 Å². The quantitative estimate of drug-likeness (QED) is 0.465. The molecule has 0 spiro atoms. The van der Waals surface area contributed by atoms with E-state index in [4.69, 9.17) is 21.6 Å². The fraction of sp³-hybridized carbons (Fsp3) is 0.462. The molecular weight excluding hydrogens is 469 g/mol. The summed E-state index contributed by atoms with van der Waals surface area (Å²) in [6.45, 7) is 3.90. The highest BCUT2D eigenvalue weighted by Gasteiger charge is 2.29. The van der Waals surface area contributed by atoms with Crippen LogP contribution in [0.5, 0.6) is 0 Å². The number of aromatic nitrogens is 2. The number of hydrogen-bond donors (Lipinski definition) is 3. The van der Waals surface area contributed by atoms with Crippen molar-refractivity contribution in [3.63, 3.8) is 0 Å². The first-order valence-electron chi connectivity index (χ1n) is 12.3. The monoisotopic (exact) mass is 499 g/mol. The maximum atomic E-state index is 14.5. The van der Waals surface area contributed by atoms with Gasteiger partial charge in [0.25, 0.3) is 0 Å². The number of benzene rings is 2. The SMILES string of the molecule is OCc1ccc2c(Nc3ccc(Cl)cc3F)nc(N3CCC(N4CCCC(CO)C4)CC3)nc2c1. The molecule has 2 fully saturated rings. The van der Waals surface area contributed by atoms with Crippen LogP contribution in [-0.4, -0.2) is 63.9 Å². The van der Waals surface area contributed by atoms with Crippen LogP contribution in [0, 0.1) is 11.7 Å².